The molecule has 3 aromatic rings. The molecule has 158 valence electrons. The molecule has 0 saturated heterocycles. The van der Waals surface area contributed by atoms with E-state index in [9.17, 15) is 14.0 Å². The second kappa shape index (κ2) is 8.61. The molecule has 0 aliphatic rings. The lowest BCUT2D eigenvalue weighted by molar-refractivity contribution is 0.0475. The Hall–Kier alpha value is -3.29. The Balaban J connectivity index is 1.90. The molecule has 0 radical (unpaired) electrons. The summed E-state index contributed by atoms with van der Waals surface area (Å²) in [6.07, 6.45) is 1.57. The Kier molecular flexibility index (Phi) is 6.14. The standard InChI is InChI=1S/C22H24FN3O4/c1-12(2)18-9-15(17-10-24-26(13(3)4)21(17)25-18)22(28)30-11-19(27)16-8-14(23)6-7-20(16)29-5/h6-10,12-13H,11H2,1-5H3. The number of nitrogens with zero attached hydrogens (tertiary/aromatic N) is 3. The molecule has 0 aliphatic heterocycles. The number of ether oxygens (including phenoxy) is 2. The summed E-state index contributed by atoms with van der Waals surface area (Å²) in [6.45, 7) is 7.34. The highest BCUT2D eigenvalue weighted by Crippen LogP contribution is 2.25. The van der Waals surface area contributed by atoms with Crippen molar-refractivity contribution in [3.63, 3.8) is 0 Å². The van der Waals surface area contributed by atoms with Gasteiger partial charge in [0, 0.05) is 11.7 Å². The van der Waals surface area contributed by atoms with Crippen LogP contribution in [-0.4, -0.2) is 40.2 Å². The molecule has 0 unspecified atom stereocenters. The van der Waals surface area contributed by atoms with Gasteiger partial charge in [0.05, 0.1) is 29.8 Å². The molecule has 0 aliphatic carbocycles. The van der Waals surface area contributed by atoms with Crippen LogP contribution in [0.5, 0.6) is 5.75 Å². The summed E-state index contributed by atoms with van der Waals surface area (Å²) in [5.41, 5.74) is 1.60. The minimum atomic E-state index is -0.670. The van der Waals surface area contributed by atoms with E-state index in [2.05, 4.69) is 10.1 Å². The second-order valence-corrected chi connectivity index (χ2v) is 7.51. The van der Waals surface area contributed by atoms with Crippen molar-refractivity contribution in [2.24, 2.45) is 0 Å². The predicted molar refractivity (Wildman–Crippen MR) is 110 cm³/mol. The SMILES string of the molecule is COc1ccc(F)cc1C(=O)COC(=O)c1cc(C(C)C)nc2c1cnn2C(C)C. The third-order valence-electron chi connectivity index (χ3n) is 4.68. The highest BCUT2D eigenvalue weighted by atomic mass is 19.1. The lowest BCUT2D eigenvalue weighted by atomic mass is 10.1. The van der Waals surface area contributed by atoms with E-state index in [4.69, 9.17) is 9.47 Å². The number of pyridine rings is 1. The van der Waals surface area contributed by atoms with Crippen LogP contribution in [0.15, 0.2) is 30.5 Å². The molecular formula is C22H24FN3O4. The zero-order chi connectivity index (χ0) is 22.0. The van der Waals surface area contributed by atoms with Crippen LogP contribution in [0, 0.1) is 5.82 Å². The van der Waals surface area contributed by atoms with Crippen LogP contribution in [0.2, 0.25) is 0 Å². The quantitative estimate of drug-likeness (QED) is 0.424. The average Bonchev–Trinajstić information content (AvgIpc) is 3.15. The van der Waals surface area contributed by atoms with Gasteiger partial charge in [-0.05, 0) is 44.0 Å². The monoisotopic (exact) mass is 413 g/mol. The number of aromatic nitrogens is 3. The topological polar surface area (TPSA) is 83.3 Å². The molecule has 3 rings (SSSR count). The van der Waals surface area contributed by atoms with Crippen molar-refractivity contribution in [2.75, 3.05) is 13.7 Å². The van der Waals surface area contributed by atoms with Crippen molar-refractivity contribution in [2.45, 2.75) is 39.7 Å². The number of hydrogen-bond acceptors (Lipinski definition) is 6. The summed E-state index contributed by atoms with van der Waals surface area (Å²) in [6, 6.07) is 5.32. The summed E-state index contributed by atoms with van der Waals surface area (Å²) >= 11 is 0. The van der Waals surface area contributed by atoms with Gasteiger partial charge in [0.2, 0.25) is 5.78 Å². The lowest BCUT2D eigenvalue weighted by Gasteiger charge is -2.12. The fourth-order valence-electron chi connectivity index (χ4n) is 3.06. The van der Waals surface area contributed by atoms with E-state index >= 15 is 0 Å². The molecular weight excluding hydrogens is 389 g/mol. The van der Waals surface area contributed by atoms with Gasteiger partial charge in [-0.1, -0.05) is 13.8 Å². The number of fused-ring (bicyclic) bond motifs is 1. The number of Topliss-reactive ketones (excluding diaryl/α,β-unsaturated/α-hetero) is 1. The van der Waals surface area contributed by atoms with Gasteiger partial charge in [-0.2, -0.15) is 5.10 Å². The summed E-state index contributed by atoms with van der Waals surface area (Å²) in [7, 11) is 1.38. The lowest BCUT2D eigenvalue weighted by Crippen LogP contribution is -2.16. The summed E-state index contributed by atoms with van der Waals surface area (Å²) < 4.78 is 25.6. The van der Waals surface area contributed by atoms with Crippen LogP contribution in [0.1, 0.15) is 66.1 Å². The predicted octanol–water partition coefficient (Wildman–Crippen LogP) is 4.32. The van der Waals surface area contributed by atoms with Gasteiger partial charge in [-0.15, -0.1) is 0 Å². The summed E-state index contributed by atoms with van der Waals surface area (Å²) in [5.74, 6) is -1.52. The van der Waals surface area contributed by atoms with E-state index in [0.29, 0.717) is 11.0 Å². The largest absolute Gasteiger partial charge is 0.496 e. The Morgan fingerprint density at radius 2 is 1.87 bits per heavy atom. The van der Waals surface area contributed by atoms with Gasteiger partial charge in [0.15, 0.2) is 12.3 Å². The van der Waals surface area contributed by atoms with Crippen LogP contribution in [0.3, 0.4) is 0 Å². The van der Waals surface area contributed by atoms with Gasteiger partial charge < -0.3 is 9.47 Å². The third-order valence-corrected chi connectivity index (χ3v) is 4.68. The van der Waals surface area contributed by atoms with Crippen molar-refractivity contribution in [3.8, 4) is 5.75 Å². The fraction of sp³-hybridized carbons (Fsp3) is 0.364. The minimum absolute atomic E-state index is 0.0145. The number of carbonyl (C=O) groups excluding carboxylic acids is 2. The van der Waals surface area contributed by atoms with E-state index in [1.807, 2.05) is 27.7 Å². The Bertz CT molecular complexity index is 1110. The van der Waals surface area contributed by atoms with Crippen LogP contribution >= 0.6 is 0 Å². The molecule has 0 amide bonds. The number of esters is 1. The van der Waals surface area contributed by atoms with E-state index < -0.39 is 24.2 Å². The first kappa shape index (κ1) is 21.4. The van der Waals surface area contributed by atoms with Crippen LogP contribution in [0.25, 0.3) is 11.0 Å². The minimum Gasteiger partial charge on any atom is -0.496 e. The molecule has 30 heavy (non-hydrogen) atoms. The molecule has 2 aromatic heterocycles. The van der Waals surface area contributed by atoms with Crippen molar-refractivity contribution >= 4 is 22.8 Å². The number of carbonyl (C=O) groups is 2. The number of rotatable bonds is 7. The van der Waals surface area contributed by atoms with Crippen LogP contribution in [0.4, 0.5) is 4.39 Å². The smallest absolute Gasteiger partial charge is 0.339 e. The van der Waals surface area contributed by atoms with Gasteiger partial charge in [0.25, 0.3) is 0 Å². The molecule has 0 N–H and O–H groups in total. The normalized spacial score (nSPS) is 11.3. The van der Waals surface area contributed by atoms with Gasteiger partial charge in [-0.3, -0.25) is 4.79 Å². The zero-order valence-electron chi connectivity index (χ0n) is 17.6. The highest BCUT2D eigenvalue weighted by molar-refractivity contribution is 6.05. The molecule has 0 bridgehead atoms. The van der Waals surface area contributed by atoms with E-state index in [1.54, 1.807) is 16.9 Å². The molecule has 2 heterocycles. The van der Waals surface area contributed by atoms with Crippen molar-refractivity contribution in [1.82, 2.24) is 14.8 Å². The van der Waals surface area contributed by atoms with Crippen LogP contribution < -0.4 is 4.74 Å². The summed E-state index contributed by atoms with van der Waals surface area (Å²) in [5, 5.41) is 4.88. The maximum atomic E-state index is 13.5. The Morgan fingerprint density at radius 3 is 2.50 bits per heavy atom. The molecule has 0 fully saturated rings. The molecule has 0 atom stereocenters. The first-order valence-corrected chi connectivity index (χ1v) is 9.65. The summed E-state index contributed by atoms with van der Waals surface area (Å²) in [4.78, 5) is 30.0. The van der Waals surface area contributed by atoms with E-state index in [-0.39, 0.29) is 28.8 Å². The maximum absolute atomic E-state index is 13.5. The second-order valence-electron chi connectivity index (χ2n) is 7.51. The number of hydrogen-bond donors (Lipinski definition) is 0. The number of methoxy groups -OCH3 is 1. The Labute approximate surface area is 173 Å². The van der Waals surface area contributed by atoms with Gasteiger partial charge >= 0.3 is 5.97 Å². The number of halogens is 1. The average molecular weight is 413 g/mol. The highest BCUT2D eigenvalue weighted by Gasteiger charge is 2.22. The zero-order valence-corrected chi connectivity index (χ0v) is 17.6. The van der Waals surface area contributed by atoms with Crippen molar-refractivity contribution in [1.29, 1.82) is 0 Å². The number of ketones is 1. The van der Waals surface area contributed by atoms with E-state index in [0.717, 1.165) is 11.8 Å². The molecule has 0 saturated carbocycles. The van der Waals surface area contributed by atoms with Crippen LogP contribution in [-0.2, 0) is 4.74 Å². The van der Waals surface area contributed by atoms with Gasteiger partial charge in [0.1, 0.15) is 11.6 Å². The Morgan fingerprint density at radius 1 is 1.13 bits per heavy atom. The maximum Gasteiger partial charge on any atom is 0.339 e. The van der Waals surface area contributed by atoms with E-state index in [1.165, 1.54) is 19.2 Å². The molecule has 1 aromatic carbocycles. The molecule has 0 spiro atoms. The fourth-order valence-corrected chi connectivity index (χ4v) is 3.06. The van der Waals surface area contributed by atoms with Gasteiger partial charge in [-0.25, -0.2) is 18.9 Å². The first-order chi connectivity index (χ1) is 14.2. The number of benzene rings is 1. The third kappa shape index (κ3) is 4.17. The first-order valence-electron chi connectivity index (χ1n) is 9.65. The van der Waals surface area contributed by atoms with Crippen molar-refractivity contribution < 1.29 is 23.5 Å². The molecule has 8 heteroatoms. The molecule has 7 nitrogen and oxygen atoms in total. The van der Waals surface area contributed by atoms with Crippen molar-refractivity contribution in [3.05, 3.63) is 53.1 Å².